The number of amides is 3. The van der Waals surface area contributed by atoms with Gasteiger partial charge >= 0.3 is 12.0 Å². The van der Waals surface area contributed by atoms with Crippen LogP contribution < -0.4 is 10.2 Å². The van der Waals surface area contributed by atoms with Crippen LogP contribution in [-0.2, 0) is 14.3 Å². The van der Waals surface area contributed by atoms with Gasteiger partial charge in [0.1, 0.15) is 0 Å². The van der Waals surface area contributed by atoms with Crippen molar-refractivity contribution in [3.8, 4) is 0 Å². The fourth-order valence-electron chi connectivity index (χ4n) is 3.43. The van der Waals surface area contributed by atoms with E-state index in [0.29, 0.717) is 37.5 Å². The molecular weight excluding hydrogens is 358 g/mol. The number of carbonyl (C=O) groups excluding carboxylic acids is 3. The Morgan fingerprint density at radius 2 is 1.85 bits per heavy atom. The first kappa shape index (κ1) is 18.5. The molecule has 0 aliphatic carbocycles. The number of likely N-dealkylation sites (tertiary alicyclic amines) is 1. The van der Waals surface area contributed by atoms with Crippen LogP contribution >= 0.6 is 11.6 Å². The van der Waals surface area contributed by atoms with E-state index in [-0.39, 0.29) is 36.3 Å². The lowest BCUT2D eigenvalue weighted by molar-refractivity contribution is -0.146. The highest BCUT2D eigenvalue weighted by atomic mass is 35.5. The summed E-state index contributed by atoms with van der Waals surface area (Å²) in [5.41, 5.74) is 0.773. The molecule has 8 heteroatoms. The molecule has 26 heavy (non-hydrogen) atoms. The van der Waals surface area contributed by atoms with Gasteiger partial charge in [0.05, 0.1) is 19.1 Å². The number of piperidine rings is 1. The maximum atomic E-state index is 12.4. The Morgan fingerprint density at radius 1 is 1.19 bits per heavy atom. The number of nitrogens with one attached hydrogen (secondary N) is 1. The fourth-order valence-corrected chi connectivity index (χ4v) is 3.55. The molecule has 0 bridgehead atoms. The maximum Gasteiger partial charge on any atom is 0.317 e. The van der Waals surface area contributed by atoms with Gasteiger partial charge in [-0.1, -0.05) is 11.6 Å². The van der Waals surface area contributed by atoms with Crippen molar-refractivity contribution in [1.29, 1.82) is 0 Å². The second kappa shape index (κ2) is 7.95. The molecule has 0 aromatic heterocycles. The number of halogens is 1. The molecule has 0 saturated carbocycles. The molecule has 2 aliphatic heterocycles. The number of rotatable bonds is 3. The van der Waals surface area contributed by atoms with Crippen LogP contribution in [0.4, 0.5) is 10.5 Å². The zero-order valence-corrected chi connectivity index (χ0v) is 15.4. The number of carbonyl (C=O) groups is 3. The number of ether oxygens (including phenoxy) is 1. The quantitative estimate of drug-likeness (QED) is 0.815. The topological polar surface area (TPSA) is 79.0 Å². The summed E-state index contributed by atoms with van der Waals surface area (Å²) in [4.78, 5) is 39.6. The highest BCUT2D eigenvalue weighted by Crippen LogP contribution is 2.24. The van der Waals surface area contributed by atoms with Crippen LogP contribution in [0.1, 0.15) is 19.3 Å². The van der Waals surface area contributed by atoms with E-state index < -0.39 is 0 Å². The van der Waals surface area contributed by atoms with Crippen molar-refractivity contribution in [2.45, 2.75) is 25.3 Å². The summed E-state index contributed by atoms with van der Waals surface area (Å²) in [5, 5.41) is 3.54. The fraction of sp³-hybridized carbons (Fsp3) is 0.500. The zero-order chi connectivity index (χ0) is 18.7. The lowest BCUT2D eigenvalue weighted by Crippen LogP contribution is -2.49. The van der Waals surface area contributed by atoms with Crippen LogP contribution in [0, 0.1) is 5.92 Å². The van der Waals surface area contributed by atoms with Crippen molar-refractivity contribution < 1.29 is 19.1 Å². The van der Waals surface area contributed by atoms with E-state index in [1.807, 2.05) is 0 Å². The van der Waals surface area contributed by atoms with E-state index in [9.17, 15) is 14.4 Å². The molecule has 7 nitrogen and oxygen atoms in total. The van der Waals surface area contributed by atoms with Crippen LogP contribution in [-0.4, -0.2) is 55.6 Å². The van der Waals surface area contributed by atoms with Gasteiger partial charge in [-0.05, 0) is 37.1 Å². The van der Waals surface area contributed by atoms with E-state index in [1.54, 1.807) is 34.1 Å². The molecule has 0 spiro atoms. The van der Waals surface area contributed by atoms with Crippen molar-refractivity contribution in [3.63, 3.8) is 0 Å². The molecule has 2 aliphatic rings. The molecule has 2 fully saturated rings. The molecule has 1 aromatic rings. The average Bonchev–Trinajstić information content (AvgIpc) is 3.02. The summed E-state index contributed by atoms with van der Waals surface area (Å²) < 4.78 is 4.76. The molecule has 3 rings (SSSR count). The number of hydrogen-bond donors (Lipinski definition) is 1. The normalized spacial score (nSPS) is 21.0. The molecule has 2 heterocycles. The maximum absolute atomic E-state index is 12.4. The summed E-state index contributed by atoms with van der Waals surface area (Å²) in [6.07, 6.45) is 1.47. The first-order valence-electron chi connectivity index (χ1n) is 8.67. The molecular formula is C18H22ClN3O4. The van der Waals surface area contributed by atoms with Crippen LogP contribution in [0.15, 0.2) is 24.3 Å². The number of nitrogens with zero attached hydrogens (tertiary/aromatic N) is 2. The van der Waals surface area contributed by atoms with Crippen LogP contribution in [0.3, 0.4) is 0 Å². The minimum absolute atomic E-state index is 0.0259. The molecule has 1 N–H and O–H groups in total. The van der Waals surface area contributed by atoms with Crippen LogP contribution in [0.2, 0.25) is 5.02 Å². The van der Waals surface area contributed by atoms with Crippen molar-refractivity contribution in [2.75, 3.05) is 31.6 Å². The lowest BCUT2D eigenvalue weighted by atomic mass is 9.97. The van der Waals surface area contributed by atoms with Crippen molar-refractivity contribution in [2.24, 2.45) is 5.92 Å². The number of esters is 1. The van der Waals surface area contributed by atoms with Gasteiger partial charge in [-0.15, -0.1) is 0 Å². The number of urea groups is 1. The second-order valence-corrected chi connectivity index (χ2v) is 7.05. The monoisotopic (exact) mass is 379 g/mol. The van der Waals surface area contributed by atoms with Crippen molar-refractivity contribution >= 4 is 35.2 Å². The van der Waals surface area contributed by atoms with E-state index in [1.165, 1.54) is 7.11 Å². The Bertz CT molecular complexity index is 686. The van der Waals surface area contributed by atoms with E-state index >= 15 is 0 Å². The molecule has 0 radical (unpaired) electrons. The standard InChI is InChI=1S/C18H22ClN3O4/c1-26-17(24)12-6-8-21(9-7-12)18(25)20-14-10-16(23)22(11-14)15-4-2-13(19)3-5-15/h2-5,12,14H,6-11H2,1H3,(H,20,25)/t14-/m1/s1. The van der Waals surface area contributed by atoms with Gasteiger partial charge < -0.3 is 19.9 Å². The number of hydrogen-bond acceptors (Lipinski definition) is 4. The molecule has 1 aromatic carbocycles. The average molecular weight is 380 g/mol. The highest BCUT2D eigenvalue weighted by molar-refractivity contribution is 6.30. The predicted octanol–water partition coefficient (Wildman–Crippen LogP) is 2.04. The predicted molar refractivity (Wildman–Crippen MR) is 97.1 cm³/mol. The van der Waals surface area contributed by atoms with Gasteiger partial charge in [0.15, 0.2) is 0 Å². The first-order valence-corrected chi connectivity index (χ1v) is 9.05. The minimum Gasteiger partial charge on any atom is -0.469 e. The Morgan fingerprint density at radius 3 is 2.46 bits per heavy atom. The van der Waals surface area contributed by atoms with E-state index in [4.69, 9.17) is 16.3 Å². The third kappa shape index (κ3) is 4.09. The molecule has 3 amide bonds. The Hall–Kier alpha value is -2.28. The summed E-state index contributed by atoms with van der Waals surface area (Å²) >= 11 is 5.88. The molecule has 1 atom stereocenters. The molecule has 140 valence electrons. The lowest BCUT2D eigenvalue weighted by Gasteiger charge is -2.31. The van der Waals surface area contributed by atoms with E-state index in [0.717, 1.165) is 5.69 Å². The summed E-state index contributed by atoms with van der Waals surface area (Å²) in [6.45, 7) is 1.45. The van der Waals surface area contributed by atoms with Crippen LogP contribution in [0.25, 0.3) is 0 Å². The van der Waals surface area contributed by atoms with Crippen molar-refractivity contribution in [3.05, 3.63) is 29.3 Å². The van der Waals surface area contributed by atoms with Gasteiger partial charge in [-0.3, -0.25) is 9.59 Å². The number of anilines is 1. The first-order chi connectivity index (χ1) is 12.5. The summed E-state index contributed by atoms with van der Waals surface area (Å²) in [7, 11) is 1.38. The summed E-state index contributed by atoms with van der Waals surface area (Å²) in [5.74, 6) is -0.385. The summed E-state index contributed by atoms with van der Waals surface area (Å²) in [6, 6.07) is 6.64. The molecule has 0 unspecified atom stereocenters. The minimum atomic E-state index is -0.232. The van der Waals surface area contributed by atoms with Gasteiger partial charge in [-0.2, -0.15) is 0 Å². The van der Waals surface area contributed by atoms with Gasteiger partial charge in [0.25, 0.3) is 0 Å². The third-order valence-corrected chi connectivity index (χ3v) is 5.16. The number of methoxy groups -OCH3 is 1. The Labute approximate surface area is 157 Å². The van der Waals surface area contributed by atoms with Gasteiger partial charge in [0.2, 0.25) is 5.91 Å². The van der Waals surface area contributed by atoms with Crippen molar-refractivity contribution in [1.82, 2.24) is 10.2 Å². The molecule has 2 saturated heterocycles. The third-order valence-electron chi connectivity index (χ3n) is 4.91. The second-order valence-electron chi connectivity index (χ2n) is 6.62. The highest BCUT2D eigenvalue weighted by Gasteiger charge is 2.34. The Kier molecular flexibility index (Phi) is 5.66. The van der Waals surface area contributed by atoms with Gasteiger partial charge in [-0.25, -0.2) is 4.79 Å². The smallest absolute Gasteiger partial charge is 0.317 e. The zero-order valence-electron chi connectivity index (χ0n) is 14.6. The SMILES string of the molecule is COC(=O)C1CCN(C(=O)N[C@@H]2CC(=O)N(c3ccc(Cl)cc3)C2)CC1. The Balaban J connectivity index is 1.52. The van der Waals surface area contributed by atoms with Crippen LogP contribution in [0.5, 0.6) is 0 Å². The number of benzene rings is 1. The van der Waals surface area contributed by atoms with E-state index in [2.05, 4.69) is 5.32 Å². The van der Waals surface area contributed by atoms with Gasteiger partial charge in [0, 0.05) is 36.8 Å². The largest absolute Gasteiger partial charge is 0.469 e.